The van der Waals surface area contributed by atoms with E-state index in [4.69, 9.17) is 10.6 Å². The Balaban J connectivity index is 2.54. The SMILES string of the molecule is COCC(C(=O)NN)n1cnc2cc(C)c(C)cc21. The second kappa shape index (κ2) is 5.38. The average molecular weight is 262 g/mol. The quantitative estimate of drug-likeness (QED) is 0.486. The monoisotopic (exact) mass is 262 g/mol. The van der Waals surface area contributed by atoms with Crippen molar-refractivity contribution in [1.82, 2.24) is 15.0 Å². The van der Waals surface area contributed by atoms with Crippen LogP contribution in [0.2, 0.25) is 0 Å². The molecule has 0 saturated carbocycles. The van der Waals surface area contributed by atoms with E-state index in [1.54, 1.807) is 18.0 Å². The lowest BCUT2D eigenvalue weighted by Gasteiger charge is -2.17. The number of imidazole rings is 1. The van der Waals surface area contributed by atoms with Gasteiger partial charge in [-0.15, -0.1) is 0 Å². The molecule has 0 fully saturated rings. The van der Waals surface area contributed by atoms with Gasteiger partial charge in [0.15, 0.2) is 0 Å². The molecule has 0 bridgehead atoms. The normalized spacial score (nSPS) is 12.6. The van der Waals surface area contributed by atoms with Crippen molar-refractivity contribution >= 4 is 16.9 Å². The fourth-order valence-corrected chi connectivity index (χ4v) is 2.07. The molecule has 1 aromatic carbocycles. The topological polar surface area (TPSA) is 82.2 Å². The highest BCUT2D eigenvalue weighted by Crippen LogP contribution is 2.22. The van der Waals surface area contributed by atoms with Crippen LogP contribution in [0.15, 0.2) is 18.5 Å². The molecule has 0 aliphatic rings. The van der Waals surface area contributed by atoms with Crippen LogP contribution in [0, 0.1) is 13.8 Å². The maximum Gasteiger partial charge on any atom is 0.259 e. The molecule has 1 unspecified atom stereocenters. The van der Waals surface area contributed by atoms with Crippen LogP contribution < -0.4 is 11.3 Å². The standard InChI is InChI=1S/C13H18N4O2/c1-8-4-10-11(5-9(8)2)17(7-15-10)12(6-19-3)13(18)16-14/h4-5,7,12H,6,14H2,1-3H3,(H,16,18). The smallest absolute Gasteiger partial charge is 0.259 e. The van der Waals surface area contributed by atoms with E-state index in [2.05, 4.69) is 10.4 Å². The van der Waals surface area contributed by atoms with Gasteiger partial charge in [0.25, 0.3) is 5.91 Å². The molecule has 6 nitrogen and oxygen atoms in total. The van der Waals surface area contributed by atoms with Gasteiger partial charge in [-0.3, -0.25) is 10.2 Å². The number of fused-ring (bicyclic) bond motifs is 1. The molecule has 0 spiro atoms. The number of rotatable bonds is 4. The number of carbonyl (C=O) groups is 1. The summed E-state index contributed by atoms with van der Waals surface area (Å²) in [5.41, 5.74) is 6.24. The summed E-state index contributed by atoms with van der Waals surface area (Å²) in [5, 5.41) is 0. The molecule has 0 aliphatic carbocycles. The fourth-order valence-electron chi connectivity index (χ4n) is 2.07. The number of amides is 1. The molecule has 1 heterocycles. The van der Waals surface area contributed by atoms with Crippen LogP contribution in [0.1, 0.15) is 17.2 Å². The van der Waals surface area contributed by atoms with E-state index in [1.165, 1.54) is 5.56 Å². The highest BCUT2D eigenvalue weighted by molar-refractivity contribution is 5.84. The van der Waals surface area contributed by atoms with Gasteiger partial charge in [0.1, 0.15) is 6.04 Å². The van der Waals surface area contributed by atoms with Crippen LogP contribution in [0.4, 0.5) is 0 Å². The molecule has 1 amide bonds. The Hall–Kier alpha value is -1.92. The molecule has 19 heavy (non-hydrogen) atoms. The van der Waals surface area contributed by atoms with Crippen LogP contribution in [0.25, 0.3) is 11.0 Å². The van der Waals surface area contributed by atoms with Gasteiger partial charge in [-0.25, -0.2) is 10.8 Å². The van der Waals surface area contributed by atoms with Crippen LogP contribution in [0.5, 0.6) is 0 Å². The number of aryl methyl sites for hydroxylation is 2. The largest absolute Gasteiger partial charge is 0.382 e. The number of nitrogens with one attached hydrogen (secondary N) is 1. The highest BCUT2D eigenvalue weighted by Gasteiger charge is 2.21. The molecule has 3 N–H and O–H groups in total. The van der Waals surface area contributed by atoms with E-state index in [1.807, 2.05) is 26.0 Å². The zero-order chi connectivity index (χ0) is 14.0. The highest BCUT2D eigenvalue weighted by atomic mass is 16.5. The van der Waals surface area contributed by atoms with Crippen LogP contribution >= 0.6 is 0 Å². The molecule has 2 rings (SSSR count). The number of hydrogen-bond donors (Lipinski definition) is 2. The maximum atomic E-state index is 11.8. The Bertz CT molecular complexity index is 606. The van der Waals surface area contributed by atoms with Gasteiger partial charge in [0, 0.05) is 7.11 Å². The number of nitrogens with two attached hydrogens (primary N) is 1. The van der Waals surface area contributed by atoms with Gasteiger partial charge in [-0.05, 0) is 37.1 Å². The lowest BCUT2D eigenvalue weighted by Crippen LogP contribution is -2.38. The summed E-state index contributed by atoms with van der Waals surface area (Å²) in [6, 6.07) is 3.50. The first kappa shape index (κ1) is 13.5. The first-order valence-corrected chi connectivity index (χ1v) is 6.01. The zero-order valence-electron chi connectivity index (χ0n) is 11.3. The second-order valence-corrected chi connectivity index (χ2v) is 4.56. The van der Waals surface area contributed by atoms with Crippen molar-refractivity contribution in [2.75, 3.05) is 13.7 Å². The number of methoxy groups -OCH3 is 1. The summed E-state index contributed by atoms with van der Waals surface area (Å²) in [7, 11) is 1.55. The lowest BCUT2D eigenvalue weighted by atomic mass is 10.1. The molecule has 102 valence electrons. The Morgan fingerprint density at radius 1 is 1.47 bits per heavy atom. The molecule has 1 aromatic heterocycles. The van der Waals surface area contributed by atoms with Crippen molar-refractivity contribution in [3.63, 3.8) is 0 Å². The van der Waals surface area contributed by atoms with Gasteiger partial charge >= 0.3 is 0 Å². The molecule has 0 aliphatic heterocycles. The van der Waals surface area contributed by atoms with E-state index in [0.717, 1.165) is 16.6 Å². The summed E-state index contributed by atoms with van der Waals surface area (Å²) < 4.78 is 6.87. The molecular formula is C13H18N4O2. The first-order valence-electron chi connectivity index (χ1n) is 6.01. The summed E-state index contributed by atoms with van der Waals surface area (Å²) in [6.07, 6.45) is 1.64. The number of hydrogen-bond acceptors (Lipinski definition) is 4. The van der Waals surface area contributed by atoms with Crippen molar-refractivity contribution in [2.24, 2.45) is 5.84 Å². The Kier molecular flexibility index (Phi) is 3.82. The molecule has 0 radical (unpaired) electrons. The third-order valence-corrected chi connectivity index (χ3v) is 3.30. The first-order chi connectivity index (χ1) is 9.08. The number of nitrogens with zero attached hydrogens (tertiary/aromatic N) is 2. The van der Waals surface area contributed by atoms with E-state index in [9.17, 15) is 4.79 Å². The molecule has 1 atom stereocenters. The van der Waals surface area contributed by atoms with Gasteiger partial charge in [0.2, 0.25) is 0 Å². The molecule has 2 aromatic rings. The minimum absolute atomic E-state index is 0.238. The van der Waals surface area contributed by atoms with Gasteiger partial charge in [-0.2, -0.15) is 0 Å². The van der Waals surface area contributed by atoms with Gasteiger partial charge in [-0.1, -0.05) is 0 Å². The molecule has 0 saturated heterocycles. The van der Waals surface area contributed by atoms with Crippen LogP contribution in [0.3, 0.4) is 0 Å². The van der Waals surface area contributed by atoms with Crippen molar-refractivity contribution in [3.05, 3.63) is 29.6 Å². The van der Waals surface area contributed by atoms with E-state index < -0.39 is 6.04 Å². The molecular weight excluding hydrogens is 244 g/mol. The average Bonchev–Trinajstić information content (AvgIpc) is 2.78. The number of hydrazine groups is 1. The third-order valence-electron chi connectivity index (χ3n) is 3.30. The van der Waals surface area contributed by atoms with Crippen molar-refractivity contribution in [1.29, 1.82) is 0 Å². The Morgan fingerprint density at radius 2 is 2.16 bits per heavy atom. The van der Waals surface area contributed by atoms with Crippen LogP contribution in [-0.4, -0.2) is 29.2 Å². The van der Waals surface area contributed by atoms with Crippen LogP contribution in [-0.2, 0) is 9.53 Å². The van der Waals surface area contributed by atoms with E-state index >= 15 is 0 Å². The van der Waals surface area contributed by atoms with Gasteiger partial charge < -0.3 is 9.30 Å². The predicted octanol–water partition coefficient (Wildman–Crippen LogP) is 0.831. The summed E-state index contributed by atoms with van der Waals surface area (Å²) >= 11 is 0. The number of benzene rings is 1. The Labute approximate surface area is 111 Å². The maximum absolute atomic E-state index is 11.8. The Morgan fingerprint density at radius 3 is 2.79 bits per heavy atom. The van der Waals surface area contributed by atoms with Crippen molar-refractivity contribution in [3.8, 4) is 0 Å². The summed E-state index contributed by atoms with van der Waals surface area (Å²) in [6.45, 7) is 4.30. The zero-order valence-corrected chi connectivity index (χ0v) is 11.3. The van der Waals surface area contributed by atoms with E-state index in [0.29, 0.717) is 0 Å². The third kappa shape index (κ3) is 2.45. The number of aromatic nitrogens is 2. The second-order valence-electron chi connectivity index (χ2n) is 4.56. The van der Waals surface area contributed by atoms with Gasteiger partial charge in [0.05, 0.1) is 24.0 Å². The fraction of sp³-hybridized carbons (Fsp3) is 0.385. The minimum Gasteiger partial charge on any atom is -0.382 e. The number of ether oxygens (including phenoxy) is 1. The van der Waals surface area contributed by atoms with E-state index in [-0.39, 0.29) is 12.5 Å². The minimum atomic E-state index is -0.526. The summed E-state index contributed by atoms with van der Waals surface area (Å²) in [4.78, 5) is 16.2. The number of carbonyl (C=O) groups excluding carboxylic acids is 1. The lowest BCUT2D eigenvalue weighted by molar-refractivity contribution is -0.125. The van der Waals surface area contributed by atoms with Crippen molar-refractivity contribution < 1.29 is 9.53 Å². The summed E-state index contributed by atoms with van der Waals surface area (Å²) in [5.74, 6) is 4.91. The predicted molar refractivity (Wildman–Crippen MR) is 72.5 cm³/mol. The van der Waals surface area contributed by atoms with Crippen molar-refractivity contribution in [2.45, 2.75) is 19.9 Å². The molecule has 6 heteroatoms.